The Bertz CT molecular complexity index is 1200. The molecule has 6 nitrogen and oxygen atoms in total. The Kier molecular flexibility index (Phi) is 5.16. The van der Waals surface area contributed by atoms with Gasteiger partial charge < -0.3 is 9.72 Å². The standard InChI is InChI=1S/C23H21N3O3/c1-2-29-21-12-16-8-4-3-7-15(16)11-19(21)23(28)26-25-22(27)13-17-14-24-20-10-6-5-9-18(17)20/h3-12,14,24H,2,13H2,1H3,(H,25,27)(H,26,28). The van der Waals surface area contributed by atoms with Gasteiger partial charge in [0.25, 0.3) is 5.91 Å². The number of hydrazine groups is 1. The number of hydrogen-bond acceptors (Lipinski definition) is 3. The van der Waals surface area contributed by atoms with Crippen LogP contribution >= 0.6 is 0 Å². The molecule has 1 heterocycles. The molecule has 0 saturated heterocycles. The van der Waals surface area contributed by atoms with Crippen LogP contribution in [-0.2, 0) is 11.2 Å². The molecule has 2 amide bonds. The number of fused-ring (bicyclic) bond motifs is 2. The summed E-state index contributed by atoms with van der Waals surface area (Å²) in [7, 11) is 0. The number of amides is 2. The van der Waals surface area contributed by atoms with Crippen molar-refractivity contribution in [2.75, 3.05) is 6.61 Å². The molecule has 0 aliphatic carbocycles. The van der Waals surface area contributed by atoms with Crippen LogP contribution in [0.1, 0.15) is 22.8 Å². The number of aromatic nitrogens is 1. The topological polar surface area (TPSA) is 83.2 Å². The third kappa shape index (κ3) is 3.91. The zero-order valence-corrected chi connectivity index (χ0v) is 16.0. The van der Waals surface area contributed by atoms with Gasteiger partial charge in [-0.1, -0.05) is 42.5 Å². The average molecular weight is 387 g/mol. The molecule has 0 fully saturated rings. The van der Waals surface area contributed by atoms with Crippen molar-refractivity contribution < 1.29 is 14.3 Å². The summed E-state index contributed by atoms with van der Waals surface area (Å²) in [5, 5.41) is 2.89. The molecular formula is C23H21N3O3. The maximum atomic E-state index is 12.7. The van der Waals surface area contributed by atoms with Gasteiger partial charge in [-0.15, -0.1) is 0 Å². The first-order valence-electron chi connectivity index (χ1n) is 9.45. The number of H-pyrrole nitrogens is 1. The van der Waals surface area contributed by atoms with Gasteiger partial charge in [-0.05, 0) is 41.5 Å². The number of benzene rings is 3. The minimum Gasteiger partial charge on any atom is -0.493 e. The van der Waals surface area contributed by atoms with Crippen molar-refractivity contribution in [1.82, 2.24) is 15.8 Å². The number of carbonyl (C=O) groups is 2. The third-order valence-electron chi connectivity index (χ3n) is 4.73. The second kappa shape index (κ2) is 8.06. The van der Waals surface area contributed by atoms with Gasteiger partial charge >= 0.3 is 0 Å². The molecule has 3 N–H and O–H groups in total. The largest absolute Gasteiger partial charge is 0.493 e. The van der Waals surface area contributed by atoms with Crippen molar-refractivity contribution >= 4 is 33.5 Å². The summed E-state index contributed by atoms with van der Waals surface area (Å²) in [6, 6.07) is 19.1. The van der Waals surface area contributed by atoms with E-state index in [0.29, 0.717) is 17.9 Å². The Morgan fingerprint density at radius 2 is 1.69 bits per heavy atom. The van der Waals surface area contributed by atoms with Crippen LogP contribution < -0.4 is 15.6 Å². The summed E-state index contributed by atoms with van der Waals surface area (Å²) in [5.74, 6) is -0.247. The molecular weight excluding hydrogens is 366 g/mol. The van der Waals surface area contributed by atoms with E-state index in [2.05, 4.69) is 15.8 Å². The monoisotopic (exact) mass is 387 g/mol. The van der Waals surface area contributed by atoms with Crippen LogP contribution in [0.3, 0.4) is 0 Å². The summed E-state index contributed by atoms with van der Waals surface area (Å²) in [6.45, 7) is 2.30. The predicted molar refractivity (Wildman–Crippen MR) is 113 cm³/mol. The van der Waals surface area contributed by atoms with Gasteiger partial charge in [-0.25, -0.2) is 0 Å². The van der Waals surface area contributed by atoms with E-state index in [1.54, 1.807) is 6.07 Å². The minimum atomic E-state index is -0.425. The Balaban J connectivity index is 1.47. The van der Waals surface area contributed by atoms with E-state index in [-0.39, 0.29) is 12.3 Å². The van der Waals surface area contributed by atoms with E-state index in [1.807, 2.05) is 67.7 Å². The molecule has 4 rings (SSSR count). The summed E-state index contributed by atoms with van der Waals surface area (Å²) in [4.78, 5) is 28.2. The highest BCUT2D eigenvalue weighted by atomic mass is 16.5. The Labute approximate surface area is 167 Å². The molecule has 0 aliphatic rings. The summed E-state index contributed by atoms with van der Waals surface area (Å²) < 4.78 is 5.63. The molecule has 0 unspecified atom stereocenters. The van der Waals surface area contributed by atoms with E-state index in [1.165, 1.54) is 0 Å². The lowest BCUT2D eigenvalue weighted by molar-refractivity contribution is -0.121. The molecule has 4 aromatic rings. The van der Waals surface area contributed by atoms with Gasteiger partial charge in [-0.2, -0.15) is 0 Å². The second-order valence-corrected chi connectivity index (χ2v) is 6.67. The fourth-order valence-corrected chi connectivity index (χ4v) is 3.36. The lowest BCUT2D eigenvalue weighted by Crippen LogP contribution is -2.42. The number of rotatable bonds is 5. The first kappa shape index (κ1) is 18.6. The number of carbonyl (C=O) groups excluding carboxylic acids is 2. The zero-order chi connectivity index (χ0) is 20.2. The highest BCUT2D eigenvalue weighted by molar-refractivity contribution is 6.02. The van der Waals surface area contributed by atoms with Crippen LogP contribution in [0, 0.1) is 0 Å². The average Bonchev–Trinajstić information content (AvgIpc) is 3.14. The number of ether oxygens (including phenoxy) is 1. The molecule has 0 bridgehead atoms. The first-order valence-corrected chi connectivity index (χ1v) is 9.45. The molecule has 0 atom stereocenters. The maximum Gasteiger partial charge on any atom is 0.273 e. The van der Waals surface area contributed by atoms with Crippen LogP contribution in [0.2, 0.25) is 0 Å². The number of nitrogens with one attached hydrogen (secondary N) is 3. The second-order valence-electron chi connectivity index (χ2n) is 6.67. The van der Waals surface area contributed by atoms with Crippen LogP contribution in [0.15, 0.2) is 66.9 Å². The van der Waals surface area contributed by atoms with Gasteiger partial charge in [0.1, 0.15) is 5.75 Å². The van der Waals surface area contributed by atoms with Crippen molar-refractivity contribution in [3.8, 4) is 5.75 Å². The Hall–Kier alpha value is -3.80. The van der Waals surface area contributed by atoms with E-state index >= 15 is 0 Å². The molecule has 29 heavy (non-hydrogen) atoms. The molecule has 0 spiro atoms. The van der Waals surface area contributed by atoms with E-state index in [0.717, 1.165) is 27.2 Å². The SMILES string of the molecule is CCOc1cc2ccccc2cc1C(=O)NNC(=O)Cc1c[nH]c2ccccc12. The number of para-hydroxylation sites is 1. The normalized spacial score (nSPS) is 10.8. The fourth-order valence-electron chi connectivity index (χ4n) is 3.36. The highest BCUT2D eigenvalue weighted by Crippen LogP contribution is 2.26. The van der Waals surface area contributed by atoms with E-state index in [4.69, 9.17) is 4.74 Å². The fraction of sp³-hybridized carbons (Fsp3) is 0.130. The molecule has 0 radical (unpaired) electrons. The quantitative estimate of drug-likeness (QED) is 0.456. The van der Waals surface area contributed by atoms with Crippen LogP contribution in [0.4, 0.5) is 0 Å². The Morgan fingerprint density at radius 3 is 2.48 bits per heavy atom. The summed E-state index contributed by atoms with van der Waals surface area (Å²) >= 11 is 0. The molecule has 6 heteroatoms. The van der Waals surface area contributed by atoms with Crippen molar-refractivity contribution in [2.45, 2.75) is 13.3 Å². The zero-order valence-electron chi connectivity index (χ0n) is 16.0. The number of aromatic amines is 1. The number of hydrogen-bond donors (Lipinski definition) is 3. The van der Waals surface area contributed by atoms with Gasteiger partial charge in [0.15, 0.2) is 0 Å². The molecule has 0 aliphatic heterocycles. The van der Waals surface area contributed by atoms with Crippen LogP contribution in [0.25, 0.3) is 21.7 Å². The van der Waals surface area contributed by atoms with Gasteiger partial charge in [0.05, 0.1) is 18.6 Å². The van der Waals surface area contributed by atoms with Crippen molar-refractivity contribution in [1.29, 1.82) is 0 Å². The van der Waals surface area contributed by atoms with Gasteiger partial charge in [0, 0.05) is 17.1 Å². The van der Waals surface area contributed by atoms with E-state index in [9.17, 15) is 9.59 Å². The van der Waals surface area contributed by atoms with Crippen molar-refractivity contribution in [3.05, 3.63) is 78.0 Å². The minimum absolute atomic E-state index is 0.153. The van der Waals surface area contributed by atoms with Crippen LogP contribution in [0.5, 0.6) is 5.75 Å². The predicted octanol–water partition coefficient (Wildman–Crippen LogP) is 3.72. The lowest BCUT2D eigenvalue weighted by Gasteiger charge is -2.13. The van der Waals surface area contributed by atoms with Gasteiger partial charge in [-0.3, -0.25) is 20.4 Å². The highest BCUT2D eigenvalue weighted by Gasteiger charge is 2.15. The van der Waals surface area contributed by atoms with Crippen molar-refractivity contribution in [3.63, 3.8) is 0 Å². The summed E-state index contributed by atoms with van der Waals surface area (Å²) in [5.41, 5.74) is 7.20. The first-order chi connectivity index (χ1) is 14.2. The molecule has 146 valence electrons. The molecule has 3 aromatic carbocycles. The van der Waals surface area contributed by atoms with Gasteiger partial charge in [0.2, 0.25) is 5.91 Å². The lowest BCUT2D eigenvalue weighted by atomic mass is 10.1. The molecule has 1 aromatic heterocycles. The molecule has 0 saturated carbocycles. The Morgan fingerprint density at radius 1 is 0.966 bits per heavy atom. The van der Waals surface area contributed by atoms with Crippen molar-refractivity contribution in [2.24, 2.45) is 0 Å². The van der Waals surface area contributed by atoms with Crippen LogP contribution in [-0.4, -0.2) is 23.4 Å². The smallest absolute Gasteiger partial charge is 0.273 e. The maximum absolute atomic E-state index is 12.7. The third-order valence-corrected chi connectivity index (χ3v) is 4.73. The van der Waals surface area contributed by atoms with E-state index < -0.39 is 5.91 Å². The summed E-state index contributed by atoms with van der Waals surface area (Å²) in [6.07, 6.45) is 1.96.